The number of nitrogens with zero attached hydrogens (tertiary/aromatic N) is 6. The van der Waals surface area contributed by atoms with Gasteiger partial charge in [-0.3, -0.25) is 29.2 Å². The molecule has 6 atom stereocenters. The highest BCUT2D eigenvalue weighted by molar-refractivity contribution is 7.10. The van der Waals surface area contributed by atoms with Gasteiger partial charge in [-0.1, -0.05) is 46.8 Å². The van der Waals surface area contributed by atoms with E-state index in [0.717, 1.165) is 70.4 Å². The van der Waals surface area contributed by atoms with Gasteiger partial charge in [-0.25, -0.2) is 15.2 Å². The number of benzene rings is 1. The van der Waals surface area contributed by atoms with Crippen molar-refractivity contribution < 1.29 is 33.4 Å². The fraction of sp³-hybridized carbons (Fsp3) is 0.558. The Balaban J connectivity index is 1.14. The molecule has 4 amide bonds. The number of carbonyl (C=O) groups excluding carboxylic acids is 5. The van der Waals surface area contributed by atoms with Crippen molar-refractivity contribution in [2.24, 2.45) is 22.7 Å². The number of ether oxygens (including phenoxy) is 2. The molecule has 6 bridgehead atoms. The van der Waals surface area contributed by atoms with Gasteiger partial charge in [0.05, 0.1) is 34.8 Å². The number of pyridine rings is 1. The quantitative estimate of drug-likeness (QED) is 0.120. The normalized spacial score (nSPS) is 23.9. The number of likely N-dealkylation sites (tertiary alicyclic amines) is 1. The second-order valence-electron chi connectivity index (χ2n) is 20.4. The van der Waals surface area contributed by atoms with E-state index in [9.17, 15) is 24.0 Å². The Morgan fingerprint density at radius 1 is 1.12 bits per heavy atom. The number of thiazole rings is 1. The molecule has 2 saturated heterocycles. The number of methoxy groups -OCH3 is 1. The van der Waals surface area contributed by atoms with Crippen molar-refractivity contribution >= 4 is 51.8 Å². The maximum Gasteiger partial charge on any atom is 0.324 e. The number of rotatable bonds is 10. The average molecular weight is 949 g/mol. The molecule has 4 aromatic rings. The Bertz CT molecular complexity index is 2590. The number of aromatic nitrogens is 3. The van der Waals surface area contributed by atoms with E-state index in [-0.39, 0.29) is 48.2 Å². The molecule has 0 radical (unpaired) electrons. The van der Waals surface area contributed by atoms with Gasteiger partial charge in [0.15, 0.2) is 5.78 Å². The van der Waals surface area contributed by atoms with Gasteiger partial charge in [-0.2, -0.15) is 0 Å². The molecular formula is C52H68N8O7S. The molecule has 2 N–H and O–H groups in total. The Kier molecular flexibility index (Phi) is 14.3. The molecule has 6 heterocycles. The molecule has 1 aromatic carbocycles. The van der Waals surface area contributed by atoms with Crippen molar-refractivity contribution in [1.82, 2.24) is 40.1 Å². The van der Waals surface area contributed by atoms with Gasteiger partial charge in [0.1, 0.15) is 18.1 Å². The lowest BCUT2D eigenvalue weighted by molar-refractivity contribution is -0.155. The molecule has 4 aliphatic rings. The molecule has 364 valence electrons. The van der Waals surface area contributed by atoms with Crippen LogP contribution < -0.4 is 10.7 Å². The first-order valence-corrected chi connectivity index (χ1v) is 25.2. The van der Waals surface area contributed by atoms with E-state index in [4.69, 9.17) is 19.4 Å². The number of aryl methyl sites for hydroxylation is 1. The topological polar surface area (TPSA) is 168 Å². The second-order valence-corrected chi connectivity index (χ2v) is 21.4. The Morgan fingerprint density at radius 2 is 1.91 bits per heavy atom. The zero-order valence-corrected chi connectivity index (χ0v) is 41.7. The van der Waals surface area contributed by atoms with E-state index in [2.05, 4.69) is 66.9 Å². The molecule has 15 nitrogen and oxygen atoms in total. The molecule has 8 rings (SSSR count). The van der Waals surface area contributed by atoms with Crippen molar-refractivity contribution in [3.63, 3.8) is 0 Å². The minimum atomic E-state index is -1.08. The fourth-order valence-electron chi connectivity index (χ4n) is 11.4. The number of likely N-dealkylation sites (N-methyl/N-ethyl adjacent to an activating group) is 1. The Labute approximate surface area is 404 Å². The summed E-state index contributed by atoms with van der Waals surface area (Å²) in [6.07, 6.45) is 7.91. The van der Waals surface area contributed by atoms with E-state index in [1.807, 2.05) is 32.2 Å². The van der Waals surface area contributed by atoms with Crippen LogP contribution in [-0.4, -0.2) is 117 Å². The lowest BCUT2D eigenvalue weighted by Gasteiger charge is -2.37. The first-order valence-electron chi connectivity index (χ1n) is 24.3. The number of hydrogen-bond donors (Lipinski definition) is 2. The van der Waals surface area contributed by atoms with Crippen LogP contribution in [0.5, 0.6) is 0 Å². The number of nitrogens with one attached hydrogen (secondary N) is 2. The number of cyclic esters (lactones) is 1. The average Bonchev–Trinajstić information content (AvgIpc) is 4.15. The van der Waals surface area contributed by atoms with Crippen LogP contribution >= 0.6 is 11.3 Å². The maximum absolute atomic E-state index is 14.7. The largest absolute Gasteiger partial charge is 0.464 e. The predicted molar refractivity (Wildman–Crippen MR) is 262 cm³/mol. The molecule has 3 aliphatic heterocycles. The van der Waals surface area contributed by atoms with E-state index in [1.54, 1.807) is 25.3 Å². The standard InChI is InChI=1S/C52H68N8O7S/c1-10-42(61)37-16-12-20-52(37)21-24-58(29-52)50(65)57(8)45(31(3)4)47(62)55-39-26-43-54-40(28-68-43)33-18-19-41-35(25-33)36(46(59(41)11-2)34-15-13-22-53-44(34)32(5)66-9)27-51(6,7)30-67-49(64)38-17-14-23-60(56-38)48(39)63/h10,13,15,18-19,22,25,28,31-32,37-39,45,56H,1,11-12,14,16-17,20-21,23-24,26-27,29-30H2,2-9H3,(H,55,62)/t32-,37?,38-,39-,45-,52+/m0/s1. The fourth-order valence-corrected chi connectivity index (χ4v) is 12.2. The third-order valence-corrected chi connectivity index (χ3v) is 15.8. The highest BCUT2D eigenvalue weighted by Crippen LogP contribution is 2.50. The lowest BCUT2D eigenvalue weighted by Crippen LogP contribution is -2.62. The minimum absolute atomic E-state index is 0.0289. The van der Waals surface area contributed by atoms with Gasteiger partial charge in [-0.15, -0.1) is 11.3 Å². The van der Waals surface area contributed by atoms with E-state index >= 15 is 0 Å². The number of urea groups is 1. The van der Waals surface area contributed by atoms with Crippen molar-refractivity contribution in [3.05, 3.63) is 70.8 Å². The maximum atomic E-state index is 14.7. The van der Waals surface area contributed by atoms with Crippen molar-refractivity contribution in [2.75, 3.05) is 40.4 Å². The number of fused-ring (bicyclic) bond motifs is 6. The van der Waals surface area contributed by atoms with Gasteiger partial charge in [0, 0.05) is 91.7 Å². The first-order chi connectivity index (χ1) is 32.5. The number of esters is 1. The van der Waals surface area contributed by atoms with E-state index in [0.29, 0.717) is 50.4 Å². The minimum Gasteiger partial charge on any atom is -0.464 e. The van der Waals surface area contributed by atoms with Crippen molar-refractivity contribution in [3.8, 4) is 22.5 Å². The summed E-state index contributed by atoms with van der Waals surface area (Å²) in [5.41, 5.74) is 9.01. The van der Waals surface area contributed by atoms with Crippen LogP contribution in [0.15, 0.2) is 54.6 Å². The van der Waals surface area contributed by atoms with Gasteiger partial charge in [0.25, 0.3) is 5.91 Å². The van der Waals surface area contributed by atoms with E-state index in [1.165, 1.54) is 27.3 Å². The number of hydrogen-bond acceptors (Lipinski definition) is 11. The van der Waals surface area contributed by atoms with Gasteiger partial charge in [0.2, 0.25) is 5.91 Å². The zero-order chi connectivity index (χ0) is 48.7. The summed E-state index contributed by atoms with van der Waals surface area (Å²) in [5.74, 6) is -1.78. The molecule has 3 fully saturated rings. The summed E-state index contributed by atoms with van der Waals surface area (Å²) < 4.78 is 14.3. The molecule has 1 saturated carbocycles. The molecular weight excluding hydrogens is 881 g/mol. The van der Waals surface area contributed by atoms with Crippen LogP contribution in [0, 0.1) is 22.7 Å². The van der Waals surface area contributed by atoms with Gasteiger partial charge < -0.3 is 29.2 Å². The third kappa shape index (κ3) is 9.47. The molecule has 68 heavy (non-hydrogen) atoms. The molecule has 1 aliphatic carbocycles. The predicted octanol–water partition coefficient (Wildman–Crippen LogP) is 7.53. The summed E-state index contributed by atoms with van der Waals surface area (Å²) in [4.78, 5) is 83.6. The van der Waals surface area contributed by atoms with Gasteiger partial charge in [-0.05, 0) is 99.6 Å². The first kappa shape index (κ1) is 49.0. The van der Waals surface area contributed by atoms with Gasteiger partial charge >= 0.3 is 12.0 Å². The van der Waals surface area contributed by atoms with Crippen LogP contribution in [0.2, 0.25) is 0 Å². The van der Waals surface area contributed by atoms with Crippen LogP contribution in [-0.2, 0) is 48.0 Å². The Hall–Kier alpha value is -5.45. The second kappa shape index (κ2) is 19.9. The van der Waals surface area contributed by atoms with E-state index < -0.39 is 41.3 Å². The summed E-state index contributed by atoms with van der Waals surface area (Å²) in [6, 6.07) is 7.37. The summed E-state index contributed by atoms with van der Waals surface area (Å²) in [5, 5.41) is 8.17. The van der Waals surface area contributed by atoms with Crippen LogP contribution in [0.3, 0.4) is 0 Å². The van der Waals surface area contributed by atoms with Crippen LogP contribution in [0.1, 0.15) is 102 Å². The van der Waals surface area contributed by atoms with Crippen LogP contribution in [0.25, 0.3) is 33.4 Å². The number of ketones is 1. The van der Waals surface area contributed by atoms with Crippen LogP contribution in [0.4, 0.5) is 4.79 Å². The Morgan fingerprint density at radius 3 is 2.65 bits per heavy atom. The SMILES string of the molecule is C=CC(=O)C1CCC[C@]12CCN(C(=O)N(C)[C@H](C(=O)N[C@H]1Cc3nc(cs3)-c3ccc4c(c3)c(c(-c3cccnc3[C@H](C)OC)n4CC)CC(C)(C)COC(=O)[C@@H]3CCCN(N3)C1=O)C(C)C)C2. The highest BCUT2D eigenvalue weighted by atomic mass is 32.1. The molecule has 1 spiro atoms. The van der Waals surface area contributed by atoms with Crippen molar-refractivity contribution in [1.29, 1.82) is 0 Å². The zero-order valence-electron chi connectivity index (χ0n) is 40.9. The number of carbonyl (C=O) groups is 5. The summed E-state index contributed by atoms with van der Waals surface area (Å²) in [7, 11) is 3.32. The lowest BCUT2D eigenvalue weighted by atomic mass is 9.75. The third-order valence-electron chi connectivity index (χ3n) is 14.9. The number of hydrazine groups is 1. The summed E-state index contributed by atoms with van der Waals surface area (Å²) >= 11 is 1.42. The number of allylic oxidation sites excluding steroid dienone is 1. The molecule has 16 heteroatoms. The monoisotopic (exact) mass is 948 g/mol. The molecule has 3 aromatic heterocycles. The van der Waals surface area contributed by atoms with Crippen molar-refractivity contribution in [2.45, 2.75) is 124 Å². The smallest absolute Gasteiger partial charge is 0.324 e. The summed E-state index contributed by atoms with van der Waals surface area (Å²) in [6.45, 7) is 17.9. The molecule has 1 unspecified atom stereocenters. The highest BCUT2D eigenvalue weighted by Gasteiger charge is 2.51. The number of amides is 4.